The third kappa shape index (κ3) is 5.08. The van der Waals surface area contributed by atoms with Crippen molar-refractivity contribution in [1.82, 2.24) is 10.6 Å². The van der Waals surface area contributed by atoms with E-state index < -0.39 is 17.6 Å². The predicted octanol–water partition coefficient (Wildman–Crippen LogP) is 2.99. The standard InChI is InChI=1S/C21H26F2N4O3/c1-4-24-21(25-11-16-10-17(13(2)30-16)20(28)29-3)26-15-7-8-27(12-15)19-6-5-14(22)9-18(19)23/h5-6,9-10,15H,4,7-8,11-12H2,1-3H3,(H2,24,25,26). The summed E-state index contributed by atoms with van der Waals surface area (Å²) in [5.41, 5.74) is 0.775. The van der Waals surface area contributed by atoms with Gasteiger partial charge in [0, 0.05) is 31.7 Å². The zero-order chi connectivity index (χ0) is 21.7. The van der Waals surface area contributed by atoms with Crippen LogP contribution in [-0.2, 0) is 11.3 Å². The van der Waals surface area contributed by atoms with Gasteiger partial charge in [0.1, 0.15) is 35.3 Å². The molecule has 2 aromatic rings. The van der Waals surface area contributed by atoms with Crippen molar-refractivity contribution in [1.29, 1.82) is 0 Å². The molecule has 0 spiro atoms. The number of esters is 1. The molecule has 30 heavy (non-hydrogen) atoms. The zero-order valence-corrected chi connectivity index (χ0v) is 17.3. The Bertz CT molecular complexity index is 929. The third-order valence-electron chi connectivity index (χ3n) is 4.89. The summed E-state index contributed by atoms with van der Waals surface area (Å²) in [5.74, 6) is 0.0264. The van der Waals surface area contributed by atoms with Gasteiger partial charge in [0.2, 0.25) is 0 Å². The van der Waals surface area contributed by atoms with Gasteiger partial charge in [0.15, 0.2) is 5.96 Å². The summed E-state index contributed by atoms with van der Waals surface area (Å²) in [6, 6.07) is 5.30. The van der Waals surface area contributed by atoms with Crippen LogP contribution in [0, 0.1) is 18.6 Å². The van der Waals surface area contributed by atoms with Crippen LogP contribution in [0.3, 0.4) is 0 Å². The maximum Gasteiger partial charge on any atom is 0.341 e. The van der Waals surface area contributed by atoms with E-state index in [-0.39, 0.29) is 12.6 Å². The van der Waals surface area contributed by atoms with Gasteiger partial charge in [0.05, 0.1) is 12.8 Å². The van der Waals surface area contributed by atoms with Crippen molar-refractivity contribution in [2.75, 3.05) is 31.6 Å². The molecule has 2 N–H and O–H groups in total. The molecule has 0 bridgehead atoms. The Balaban J connectivity index is 1.64. The normalized spacial score (nSPS) is 16.6. The van der Waals surface area contributed by atoms with Crippen LogP contribution in [-0.4, -0.2) is 44.7 Å². The van der Waals surface area contributed by atoms with E-state index in [4.69, 9.17) is 9.15 Å². The van der Waals surface area contributed by atoms with Crippen LogP contribution in [0.1, 0.15) is 35.2 Å². The van der Waals surface area contributed by atoms with Crippen molar-refractivity contribution in [3.8, 4) is 0 Å². The van der Waals surface area contributed by atoms with Crippen molar-refractivity contribution >= 4 is 17.6 Å². The molecule has 2 heterocycles. The predicted molar refractivity (Wildman–Crippen MR) is 110 cm³/mol. The number of carbonyl (C=O) groups is 1. The highest BCUT2D eigenvalue weighted by molar-refractivity contribution is 5.90. The Morgan fingerprint density at radius 2 is 2.17 bits per heavy atom. The van der Waals surface area contributed by atoms with Crippen LogP contribution in [0.15, 0.2) is 33.7 Å². The number of nitrogens with one attached hydrogen (secondary N) is 2. The topological polar surface area (TPSA) is 79.1 Å². The minimum Gasteiger partial charge on any atom is -0.465 e. The lowest BCUT2D eigenvalue weighted by Crippen LogP contribution is -2.44. The number of hydrogen-bond donors (Lipinski definition) is 2. The van der Waals surface area contributed by atoms with Crippen molar-refractivity contribution in [3.63, 3.8) is 0 Å². The van der Waals surface area contributed by atoms with Crippen LogP contribution in [0.4, 0.5) is 14.5 Å². The van der Waals surface area contributed by atoms with Gasteiger partial charge in [-0.2, -0.15) is 0 Å². The average Bonchev–Trinajstić information content (AvgIpc) is 3.32. The molecule has 9 heteroatoms. The van der Waals surface area contributed by atoms with E-state index in [1.165, 1.54) is 19.2 Å². The number of benzene rings is 1. The van der Waals surface area contributed by atoms with E-state index in [9.17, 15) is 13.6 Å². The lowest BCUT2D eigenvalue weighted by Gasteiger charge is -2.20. The fraction of sp³-hybridized carbons (Fsp3) is 0.429. The Labute approximate surface area is 174 Å². The first-order valence-corrected chi connectivity index (χ1v) is 9.83. The number of methoxy groups -OCH3 is 1. The second kappa shape index (κ2) is 9.60. The lowest BCUT2D eigenvalue weighted by atomic mass is 10.2. The number of carbonyl (C=O) groups excluding carboxylic acids is 1. The number of furan rings is 1. The molecule has 1 fully saturated rings. The molecule has 3 rings (SSSR count). The first-order chi connectivity index (χ1) is 14.4. The third-order valence-corrected chi connectivity index (χ3v) is 4.89. The summed E-state index contributed by atoms with van der Waals surface area (Å²) in [5, 5.41) is 6.51. The molecule has 1 aromatic carbocycles. The van der Waals surface area contributed by atoms with E-state index in [1.807, 2.05) is 11.8 Å². The van der Waals surface area contributed by atoms with Gasteiger partial charge in [-0.15, -0.1) is 0 Å². The van der Waals surface area contributed by atoms with E-state index in [0.29, 0.717) is 48.4 Å². The molecule has 7 nitrogen and oxygen atoms in total. The SMILES string of the molecule is CCNC(=NCc1cc(C(=O)OC)c(C)o1)NC1CCN(c2ccc(F)cc2F)C1. The number of ether oxygens (including phenoxy) is 1. The van der Waals surface area contributed by atoms with Crippen molar-refractivity contribution in [2.45, 2.75) is 32.9 Å². The van der Waals surface area contributed by atoms with Crippen molar-refractivity contribution < 1.29 is 22.7 Å². The van der Waals surface area contributed by atoms with Crippen LogP contribution < -0.4 is 15.5 Å². The number of hydrogen-bond acceptors (Lipinski definition) is 5. The number of rotatable bonds is 6. The summed E-state index contributed by atoms with van der Waals surface area (Å²) in [6.45, 7) is 5.79. The van der Waals surface area contributed by atoms with Crippen LogP contribution in [0.2, 0.25) is 0 Å². The summed E-state index contributed by atoms with van der Waals surface area (Å²) in [7, 11) is 1.32. The quantitative estimate of drug-likeness (QED) is 0.425. The van der Waals surface area contributed by atoms with Crippen molar-refractivity contribution in [2.24, 2.45) is 4.99 Å². The largest absolute Gasteiger partial charge is 0.465 e. The average molecular weight is 420 g/mol. The van der Waals surface area contributed by atoms with Crippen LogP contribution in [0.5, 0.6) is 0 Å². The van der Waals surface area contributed by atoms with Crippen LogP contribution >= 0.6 is 0 Å². The number of guanidine groups is 1. The zero-order valence-electron chi connectivity index (χ0n) is 17.3. The molecule has 1 atom stereocenters. The summed E-state index contributed by atoms with van der Waals surface area (Å²) in [6.07, 6.45) is 0.785. The highest BCUT2D eigenvalue weighted by Gasteiger charge is 2.25. The number of aliphatic imine (C=N–C) groups is 1. The van der Waals surface area contributed by atoms with Crippen molar-refractivity contribution in [3.05, 3.63) is 53.0 Å². The second-order valence-corrected chi connectivity index (χ2v) is 7.04. The Kier molecular flexibility index (Phi) is 6.91. The van der Waals surface area contributed by atoms with E-state index in [2.05, 4.69) is 15.6 Å². The summed E-state index contributed by atoms with van der Waals surface area (Å²) < 4.78 is 37.5. The molecule has 1 unspecified atom stereocenters. The maximum absolute atomic E-state index is 14.1. The maximum atomic E-state index is 14.1. The molecule has 0 aliphatic carbocycles. The molecule has 0 radical (unpaired) electrons. The number of anilines is 1. The van der Waals surface area contributed by atoms with Gasteiger partial charge < -0.3 is 24.7 Å². The number of aryl methyl sites for hydroxylation is 1. The minimum absolute atomic E-state index is 0.0521. The molecular formula is C21H26F2N4O3. The van der Waals surface area contributed by atoms with Gasteiger partial charge in [-0.1, -0.05) is 0 Å². The fourth-order valence-corrected chi connectivity index (χ4v) is 3.44. The number of nitrogens with zero attached hydrogens (tertiary/aromatic N) is 2. The van der Waals surface area contributed by atoms with E-state index in [1.54, 1.807) is 13.0 Å². The highest BCUT2D eigenvalue weighted by Crippen LogP contribution is 2.24. The first kappa shape index (κ1) is 21.6. The molecular weight excluding hydrogens is 394 g/mol. The molecule has 1 aliphatic rings. The second-order valence-electron chi connectivity index (χ2n) is 7.04. The summed E-state index contributed by atoms with van der Waals surface area (Å²) in [4.78, 5) is 18.1. The van der Waals surface area contributed by atoms with Gasteiger partial charge in [-0.3, -0.25) is 0 Å². The molecule has 1 saturated heterocycles. The van der Waals surface area contributed by atoms with Crippen LogP contribution in [0.25, 0.3) is 0 Å². The first-order valence-electron chi connectivity index (χ1n) is 9.83. The molecule has 162 valence electrons. The smallest absolute Gasteiger partial charge is 0.341 e. The highest BCUT2D eigenvalue weighted by atomic mass is 19.1. The lowest BCUT2D eigenvalue weighted by molar-refractivity contribution is 0.0599. The Morgan fingerprint density at radius 3 is 2.87 bits per heavy atom. The van der Waals surface area contributed by atoms with E-state index in [0.717, 1.165) is 12.5 Å². The van der Waals surface area contributed by atoms with Gasteiger partial charge in [-0.25, -0.2) is 18.6 Å². The minimum atomic E-state index is -0.588. The fourth-order valence-electron chi connectivity index (χ4n) is 3.44. The van der Waals surface area contributed by atoms with E-state index >= 15 is 0 Å². The summed E-state index contributed by atoms with van der Waals surface area (Å²) >= 11 is 0. The number of halogens is 2. The molecule has 0 saturated carbocycles. The Morgan fingerprint density at radius 1 is 1.37 bits per heavy atom. The van der Waals surface area contributed by atoms with Gasteiger partial charge in [0.25, 0.3) is 0 Å². The van der Waals surface area contributed by atoms with Gasteiger partial charge >= 0.3 is 5.97 Å². The molecule has 0 amide bonds. The Hall–Kier alpha value is -3.10. The molecule has 1 aromatic heterocycles. The van der Waals surface area contributed by atoms with Gasteiger partial charge in [-0.05, 0) is 38.5 Å². The monoisotopic (exact) mass is 420 g/mol. The molecule has 1 aliphatic heterocycles.